The molecule has 0 unspecified atom stereocenters. The quantitative estimate of drug-likeness (QED) is 0.529. The number of alkyl halides is 3. The summed E-state index contributed by atoms with van der Waals surface area (Å²) in [6, 6.07) is 19.6. The average molecular weight is 352 g/mol. The van der Waals surface area contributed by atoms with Crippen molar-refractivity contribution in [3.8, 4) is 29.2 Å². The lowest BCUT2D eigenvalue weighted by Crippen LogP contribution is -2.07. The lowest BCUT2D eigenvalue weighted by Gasteiger charge is -2.17. The molecule has 0 amide bonds. The minimum Gasteiger partial charge on any atom is -0.488 e. The van der Waals surface area contributed by atoms with Crippen LogP contribution in [0.25, 0.3) is 11.1 Å². The molecule has 0 aliphatic carbocycles. The van der Waals surface area contributed by atoms with Gasteiger partial charge >= 0.3 is 6.18 Å². The molecule has 130 valence electrons. The maximum absolute atomic E-state index is 13.4. The lowest BCUT2D eigenvalue weighted by atomic mass is 9.97. The molecule has 3 aromatic rings. The van der Waals surface area contributed by atoms with Gasteiger partial charge in [0.05, 0.1) is 5.56 Å². The van der Waals surface area contributed by atoms with Gasteiger partial charge in [0.15, 0.2) is 0 Å². The molecule has 0 aromatic heterocycles. The first-order valence-electron chi connectivity index (χ1n) is 7.93. The van der Waals surface area contributed by atoms with Gasteiger partial charge in [-0.25, -0.2) is 0 Å². The zero-order chi connectivity index (χ0) is 18.6. The van der Waals surface area contributed by atoms with E-state index in [0.29, 0.717) is 16.9 Å². The molecule has 3 aromatic carbocycles. The van der Waals surface area contributed by atoms with Gasteiger partial charge in [-0.15, -0.1) is 6.42 Å². The van der Waals surface area contributed by atoms with Crippen LogP contribution in [0.1, 0.15) is 16.7 Å². The maximum Gasteiger partial charge on any atom is 0.417 e. The Morgan fingerprint density at radius 1 is 0.846 bits per heavy atom. The second kappa shape index (κ2) is 7.37. The number of hydrogen-bond donors (Lipinski definition) is 0. The third-order valence-electron chi connectivity index (χ3n) is 3.91. The molecule has 0 bridgehead atoms. The molecule has 3 rings (SSSR count). The fourth-order valence-corrected chi connectivity index (χ4v) is 2.65. The average Bonchev–Trinajstić information content (AvgIpc) is 2.66. The Morgan fingerprint density at radius 3 is 2.23 bits per heavy atom. The molecule has 0 spiro atoms. The molecule has 1 nitrogen and oxygen atoms in total. The van der Waals surface area contributed by atoms with Crippen LogP contribution in [-0.2, 0) is 12.8 Å². The highest BCUT2D eigenvalue weighted by Gasteiger charge is 2.33. The molecule has 0 saturated heterocycles. The maximum atomic E-state index is 13.4. The predicted octanol–water partition coefficient (Wildman–Crippen LogP) is 5.93. The van der Waals surface area contributed by atoms with Gasteiger partial charge in [-0.1, -0.05) is 54.5 Å². The van der Waals surface area contributed by atoms with E-state index in [0.717, 1.165) is 11.6 Å². The molecule has 26 heavy (non-hydrogen) atoms. The Labute approximate surface area is 150 Å². The number of hydrogen-bond acceptors (Lipinski definition) is 1. The van der Waals surface area contributed by atoms with Gasteiger partial charge in [-0.05, 0) is 35.4 Å². The molecule has 0 fully saturated rings. The minimum absolute atomic E-state index is 0.0617. The van der Waals surface area contributed by atoms with Crippen LogP contribution in [0.5, 0.6) is 5.75 Å². The first-order valence-corrected chi connectivity index (χ1v) is 7.93. The second-order valence-corrected chi connectivity index (χ2v) is 5.67. The van der Waals surface area contributed by atoms with E-state index in [1.807, 2.05) is 30.3 Å². The summed E-state index contributed by atoms with van der Waals surface area (Å²) < 4.78 is 46.0. The molecule has 0 aliphatic rings. The van der Waals surface area contributed by atoms with E-state index in [2.05, 4.69) is 5.92 Å². The van der Waals surface area contributed by atoms with E-state index in [-0.39, 0.29) is 12.2 Å². The largest absolute Gasteiger partial charge is 0.488 e. The highest BCUT2D eigenvalue weighted by molar-refractivity contribution is 5.75. The van der Waals surface area contributed by atoms with Gasteiger partial charge in [0.25, 0.3) is 0 Å². The summed E-state index contributed by atoms with van der Waals surface area (Å²) in [5.74, 6) is 2.81. The number of rotatable bonds is 4. The van der Waals surface area contributed by atoms with Crippen molar-refractivity contribution in [1.29, 1.82) is 0 Å². The van der Waals surface area contributed by atoms with E-state index in [9.17, 15) is 13.2 Å². The fraction of sp³-hybridized carbons (Fsp3) is 0.0909. The molecular formula is C22H15F3O. The van der Waals surface area contributed by atoms with Gasteiger partial charge in [0.2, 0.25) is 0 Å². The van der Waals surface area contributed by atoms with E-state index in [4.69, 9.17) is 11.2 Å². The van der Waals surface area contributed by atoms with Crippen LogP contribution in [0, 0.1) is 12.3 Å². The van der Waals surface area contributed by atoms with Crippen LogP contribution in [0.3, 0.4) is 0 Å². The summed E-state index contributed by atoms with van der Waals surface area (Å²) in [6.45, 7) is 0.232. The van der Waals surface area contributed by atoms with E-state index < -0.39 is 11.7 Å². The van der Waals surface area contributed by atoms with E-state index in [1.165, 1.54) is 12.1 Å². The van der Waals surface area contributed by atoms with Gasteiger partial charge in [-0.3, -0.25) is 0 Å². The Balaban J connectivity index is 2.04. The summed E-state index contributed by atoms with van der Waals surface area (Å²) in [5, 5.41) is 0. The third-order valence-corrected chi connectivity index (χ3v) is 3.91. The highest BCUT2D eigenvalue weighted by atomic mass is 19.4. The van der Waals surface area contributed by atoms with E-state index >= 15 is 0 Å². The van der Waals surface area contributed by atoms with Crippen LogP contribution in [0.15, 0.2) is 72.8 Å². The lowest BCUT2D eigenvalue weighted by molar-refractivity contribution is -0.137. The molecule has 0 atom stereocenters. The van der Waals surface area contributed by atoms with Crippen molar-refractivity contribution in [2.45, 2.75) is 12.8 Å². The molecular weight excluding hydrogens is 337 g/mol. The molecule has 0 N–H and O–H groups in total. The topological polar surface area (TPSA) is 9.23 Å². The zero-order valence-electron chi connectivity index (χ0n) is 13.8. The molecule has 0 aliphatic heterocycles. The molecule has 0 radical (unpaired) electrons. The standard InChI is InChI=1S/C22H15F3O/c1-2-16-12-13-19(18-10-6-7-11-20(18)22(23,24)25)21(14-16)26-15-17-8-4-3-5-9-17/h1,3-14H,15H2. The van der Waals surface area contributed by atoms with Gasteiger partial charge in [0, 0.05) is 11.1 Å². The van der Waals surface area contributed by atoms with Crippen LogP contribution >= 0.6 is 0 Å². The molecule has 0 heterocycles. The molecule has 4 heteroatoms. The summed E-state index contributed by atoms with van der Waals surface area (Å²) in [7, 11) is 0. The highest BCUT2D eigenvalue weighted by Crippen LogP contribution is 2.40. The van der Waals surface area contributed by atoms with Crippen molar-refractivity contribution >= 4 is 0 Å². The summed E-state index contributed by atoms with van der Waals surface area (Å²) >= 11 is 0. The number of ether oxygens (including phenoxy) is 1. The second-order valence-electron chi connectivity index (χ2n) is 5.67. The number of benzene rings is 3. The van der Waals surface area contributed by atoms with E-state index in [1.54, 1.807) is 24.3 Å². The fourth-order valence-electron chi connectivity index (χ4n) is 2.65. The minimum atomic E-state index is -4.46. The summed E-state index contributed by atoms with van der Waals surface area (Å²) in [6.07, 6.45) is 0.968. The van der Waals surface area contributed by atoms with Gasteiger partial charge in [-0.2, -0.15) is 13.2 Å². The summed E-state index contributed by atoms with van der Waals surface area (Å²) in [4.78, 5) is 0. The van der Waals surface area contributed by atoms with Crippen molar-refractivity contribution in [2.75, 3.05) is 0 Å². The van der Waals surface area contributed by atoms with Crippen LogP contribution in [0.2, 0.25) is 0 Å². The van der Waals surface area contributed by atoms with Crippen molar-refractivity contribution in [2.24, 2.45) is 0 Å². The van der Waals surface area contributed by atoms with Crippen LogP contribution in [0.4, 0.5) is 13.2 Å². The summed E-state index contributed by atoms with van der Waals surface area (Å²) in [5.41, 5.74) is 1.16. The van der Waals surface area contributed by atoms with Gasteiger partial charge in [0.1, 0.15) is 12.4 Å². The monoisotopic (exact) mass is 352 g/mol. The Hall–Kier alpha value is -3.19. The Kier molecular flexibility index (Phi) is 4.99. The van der Waals surface area contributed by atoms with Crippen molar-refractivity contribution < 1.29 is 17.9 Å². The van der Waals surface area contributed by atoms with Crippen molar-refractivity contribution in [3.05, 3.63) is 89.5 Å². The third kappa shape index (κ3) is 3.89. The smallest absolute Gasteiger partial charge is 0.417 e. The normalized spacial score (nSPS) is 11.0. The van der Waals surface area contributed by atoms with Gasteiger partial charge < -0.3 is 4.74 Å². The Bertz CT molecular complexity index is 938. The van der Waals surface area contributed by atoms with Crippen molar-refractivity contribution in [1.82, 2.24) is 0 Å². The number of terminal acetylenes is 1. The SMILES string of the molecule is C#Cc1ccc(-c2ccccc2C(F)(F)F)c(OCc2ccccc2)c1. The number of halogens is 3. The first-order chi connectivity index (χ1) is 12.5. The predicted molar refractivity (Wildman–Crippen MR) is 95.6 cm³/mol. The van der Waals surface area contributed by atoms with Crippen LogP contribution in [-0.4, -0.2) is 0 Å². The molecule has 0 saturated carbocycles. The van der Waals surface area contributed by atoms with Crippen LogP contribution < -0.4 is 4.74 Å². The van der Waals surface area contributed by atoms with Crippen molar-refractivity contribution in [3.63, 3.8) is 0 Å². The Morgan fingerprint density at radius 2 is 1.54 bits per heavy atom. The zero-order valence-corrected chi connectivity index (χ0v) is 13.8. The first kappa shape index (κ1) is 17.6.